The predicted octanol–water partition coefficient (Wildman–Crippen LogP) is 3.50. The number of rotatable bonds is 3. The largest absolute Gasteiger partial charge is 0.361 e. The molecule has 7 nitrogen and oxygen atoms in total. The minimum absolute atomic E-state index is 0.00834. The molecule has 0 unspecified atom stereocenters. The van der Waals surface area contributed by atoms with Gasteiger partial charge in [0, 0.05) is 24.1 Å². The number of aryl methyl sites for hydroxylation is 1. The molecule has 6 rings (SSSR count). The average molecular weight is 419 g/mol. The molecule has 0 spiro atoms. The van der Waals surface area contributed by atoms with Gasteiger partial charge in [0.2, 0.25) is 5.78 Å². The quantitative estimate of drug-likeness (QED) is 0.487. The molecule has 0 atom stereocenters. The third-order valence-electron chi connectivity index (χ3n) is 6.41. The molecule has 1 aliphatic heterocycles. The van der Waals surface area contributed by atoms with E-state index < -0.39 is 0 Å². The Labute approximate surface area is 176 Å². The van der Waals surface area contributed by atoms with Gasteiger partial charge in [-0.3, -0.25) is 18.7 Å². The molecule has 152 valence electrons. The molecule has 30 heavy (non-hydrogen) atoms. The number of aromatic nitrogens is 5. The van der Waals surface area contributed by atoms with Crippen LogP contribution in [-0.2, 0) is 13.6 Å². The van der Waals surface area contributed by atoms with Gasteiger partial charge in [0.25, 0.3) is 5.56 Å². The van der Waals surface area contributed by atoms with E-state index in [-0.39, 0.29) is 5.56 Å². The van der Waals surface area contributed by atoms with Crippen molar-refractivity contribution in [3.63, 3.8) is 0 Å². The standard InChI is InChI=1S/C22H22N6OS/c1-26-21(29)20-18(8-11-30-20)28-19(24-25-22(26)28)13-27-9-6-14(7-10-27)16-12-23-17-5-3-2-4-15(16)17/h2-5,8,11-12,14,23H,6-7,9-10,13H2,1H3. The predicted molar refractivity (Wildman–Crippen MR) is 119 cm³/mol. The van der Waals surface area contributed by atoms with Crippen LogP contribution in [0.15, 0.2) is 46.7 Å². The van der Waals surface area contributed by atoms with Gasteiger partial charge in [-0.15, -0.1) is 21.5 Å². The zero-order valence-electron chi connectivity index (χ0n) is 16.7. The van der Waals surface area contributed by atoms with Crippen LogP contribution < -0.4 is 5.56 Å². The smallest absolute Gasteiger partial charge is 0.272 e. The van der Waals surface area contributed by atoms with E-state index in [0.717, 1.165) is 48.5 Å². The number of nitrogens with zero attached hydrogens (tertiary/aromatic N) is 5. The van der Waals surface area contributed by atoms with Gasteiger partial charge >= 0.3 is 0 Å². The number of hydrogen-bond acceptors (Lipinski definition) is 5. The number of fused-ring (bicyclic) bond motifs is 4. The van der Waals surface area contributed by atoms with Crippen LogP contribution in [0.3, 0.4) is 0 Å². The first kappa shape index (κ1) is 17.9. The highest BCUT2D eigenvalue weighted by Crippen LogP contribution is 2.33. The summed E-state index contributed by atoms with van der Waals surface area (Å²) < 4.78 is 4.39. The van der Waals surface area contributed by atoms with Crippen LogP contribution in [0.4, 0.5) is 0 Å². The van der Waals surface area contributed by atoms with Crippen molar-refractivity contribution in [2.75, 3.05) is 13.1 Å². The summed E-state index contributed by atoms with van der Waals surface area (Å²) in [5.41, 5.74) is 3.56. The third-order valence-corrected chi connectivity index (χ3v) is 7.30. The number of piperidine rings is 1. The Hall–Kier alpha value is -2.97. The molecule has 1 fully saturated rings. The zero-order valence-corrected chi connectivity index (χ0v) is 17.5. The summed E-state index contributed by atoms with van der Waals surface area (Å²) >= 11 is 1.47. The molecule has 1 saturated heterocycles. The molecule has 1 aromatic carbocycles. The van der Waals surface area contributed by atoms with Crippen molar-refractivity contribution in [3.8, 4) is 0 Å². The summed E-state index contributed by atoms with van der Waals surface area (Å²) in [5.74, 6) is 2.08. The number of hydrogen-bond donors (Lipinski definition) is 1. The second-order valence-corrected chi connectivity index (χ2v) is 9.01. The molecular formula is C22H22N6OS. The molecule has 1 aliphatic rings. The molecule has 0 saturated carbocycles. The summed E-state index contributed by atoms with van der Waals surface area (Å²) in [6.45, 7) is 2.79. The number of nitrogens with one attached hydrogen (secondary N) is 1. The van der Waals surface area contributed by atoms with Crippen molar-refractivity contribution < 1.29 is 0 Å². The van der Waals surface area contributed by atoms with Gasteiger partial charge in [-0.25, -0.2) is 0 Å². The van der Waals surface area contributed by atoms with Crippen LogP contribution in [0, 0.1) is 0 Å². The van der Waals surface area contributed by atoms with Crippen molar-refractivity contribution in [1.82, 2.24) is 29.0 Å². The fourth-order valence-corrected chi connectivity index (χ4v) is 5.64. The molecular weight excluding hydrogens is 396 g/mol. The molecule has 8 heteroatoms. The molecule has 0 bridgehead atoms. The Morgan fingerprint density at radius 1 is 1.17 bits per heavy atom. The van der Waals surface area contributed by atoms with Crippen LogP contribution in [0.1, 0.15) is 30.1 Å². The first-order valence-corrected chi connectivity index (χ1v) is 11.2. The van der Waals surface area contributed by atoms with Gasteiger partial charge in [-0.2, -0.15) is 0 Å². The van der Waals surface area contributed by atoms with E-state index in [0.29, 0.717) is 11.7 Å². The van der Waals surface area contributed by atoms with Crippen LogP contribution in [0.5, 0.6) is 0 Å². The third kappa shape index (κ3) is 2.64. The number of para-hydroxylation sites is 1. The summed E-state index contributed by atoms with van der Waals surface area (Å²) in [6.07, 6.45) is 4.45. The van der Waals surface area contributed by atoms with Crippen molar-refractivity contribution in [2.45, 2.75) is 25.3 Å². The first-order chi connectivity index (χ1) is 14.7. The van der Waals surface area contributed by atoms with E-state index in [1.54, 1.807) is 11.6 Å². The van der Waals surface area contributed by atoms with Crippen molar-refractivity contribution in [3.05, 3.63) is 63.7 Å². The van der Waals surface area contributed by atoms with Gasteiger partial charge in [0.05, 0.1) is 12.1 Å². The number of H-pyrrole nitrogens is 1. The van der Waals surface area contributed by atoms with Gasteiger partial charge < -0.3 is 4.98 Å². The van der Waals surface area contributed by atoms with Crippen LogP contribution in [-0.4, -0.2) is 42.1 Å². The van der Waals surface area contributed by atoms with Gasteiger partial charge in [0.1, 0.15) is 4.70 Å². The minimum Gasteiger partial charge on any atom is -0.361 e. The molecule has 0 amide bonds. The molecule has 0 aliphatic carbocycles. The highest BCUT2D eigenvalue weighted by atomic mass is 32.1. The summed E-state index contributed by atoms with van der Waals surface area (Å²) in [5, 5.41) is 12.1. The number of benzene rings is 1. The lowest BCUT2D eigenvalue weighted by atomic mass is 9.89. The highest BCUT2D eigenvalue weighted by molar-refractivity contribution is 7.17. The maximum Gasteiger partial charge on any atom is 0.272 e. The van der Waals surface area contributed by atoms with Crippen LogP contribution >= 0.6 is 11.3 Å². The zero-order chi connectivity index (χ0) is 20.2. The molecule has 0 radical (unpaired) electrons. The number of thiophene rings is 1. The Morgan fingerprint density at radius 2 is 2.00 bits per heavy atom. The summed E-state index contributed by atoms with van der Waals surface area (Å²) in [4.78, 5) is 18.4. The fourth-order valence-electron chi connectivity index (χ4n) is 4.79. The molecule has 5 heterocycles. The van der Waals surface area contributed by atoms with Crippen LogP contribution in [0.25, 0.3) is 26.9 Å². The monoisotopic (exact) mass is 418 g/mol. The van der Waals surface area contributed by atoms with Gasteiger partial charge in [0.15, 0.2) is 5.82 Å². The molecule has 5 aromatic rings. The lowest BCUT2D eigenvalue weighted by Gasteiger charge is -2.31. The maximum absolute atomic E-state index is 12.5. The SMILES string of the molecule is Cn1c(=O)c2sccc2n2c(CN3CCC(c4c[nH]c5ccccc45)CC3)nnc12. The van der Waals surface area contributed by atoms with Gasteiger partial charge in [-0.05, 0) is 54.9 Å². The van der Waals surface area contributed by atoms with E-state index in [1.807, 2.05) is 15.8 Å². The lowest BCUT2D eigenvalue weighted by molar-refractivity contribution is 0.200. The van der Waals surface area contributed by atoms with E-state index in [2.05, 4.69) is 50.5 Å². The number of likely N-dealkylation sites (tertiary alicyclic amines) is 1. The molecule has 4 aromatic heterocycles. The Bertz CT molecular complexity index is 1430. The van der Waals surface area contributed by atoms with Crippen molar-refractivity contribution >= 4 is 38.2 Å². The maximum atomic E-state index is 12.5. The minimum atomic E-state index is -0.00834. The topological polar surface area (TPSA) is 71.2 Å². The average Bonchev–Trinajstić information content (AvgIpc) is 3.50. The van der Waals surface area contributed by atoms with Crippen LogP contribution in [0.2, 0.25) is 0 Å². The first-order valence-electron chi connectivity index (χ1n) is 10.3. The summed E-state index contributed by atoms with van der Waals surface area (Å²) in [6, 6.07) is 10.5. The van der Waals surface area contributed by atoms with E-state index in [4.69, 9.17) is 0 Å². The normalized spacial score (nSPS) is 16.3. The van der Waals surface area contributed by atoms with Crippen molar-refractivity contribution in [1.29, 1.82) is 0 Å². The van der Waals surface area contributed by atoms with E-state index >= 15 is 0 Å². The van der Waals surface area contributed by atoms with Gasteiger partial charge in [-0.1, -0.05) is 18.2 Å². The summed E-state index contributed by atoms with van der Waals surface area (Å²) in [7, 11) is 1.77. The fraction of sp³-hybridized carbons (Fsp3) is 0.318. The Morgan fingerprint density at radius 3 is 2.87 bits per heavy atom. The molecule has 1 N–H and O–H groups in total. The van der Waals surface area contributed by atoms with Crippen molar-refractivity contribution in [2.24, 2.45) is 7.05 Å². The Kier molecular flexibility index (Phi) is 4.04. The van der Waals surface area contributed by atoms with E-state index in [9.17, 15) is 4.79 Å². The number of aromatic amines is 1. The second kappa shape index (κ2) is 6.78. The second-order valence-electron chi connectivity index (χ2n) is 8.09. The Balaban J connectivity index is 1.26. The van der Waals surface area contributed by atoms with E-state index in [1.165, 1.54) is 27.8 Å². The highest BCUT2D eigenvalue weighted by Gasteiger charge is 2.24. The lowest BCUT2D eigenvalue weighted by Crippen LogP contribution is -2.33.